The molecule has 2 aromatic rings. The maximum absolute atomic E-state index is 12.4. The lowest BCUT2D eigenvalue weighted by Crippen LogP contribution is -2.36. The van der Waals surface area contributed by atoms with Crippen LogP contribution in [0.1, 0.15) is 28.8 Å². The van der Waals surface area contributed by atoms with Crippen LogP contribution in [0.2, 0.25) is 0 Å². The minimum absolute atomic E-state index is 0.00981. The molecule has 24 heavy (non-hydrogen) atoms. The quantitative estimate of drug-likeness (QED) is 0.782. The van der Waals surface area contributed by atoms with Gasteiger partial charge in [-0.15, -0.1) is 0 Å². The predicted octanol–water partition coefficient (Wildman–Crippen LogP) is 2.90. The van der Waals surface area contributed by atoms with E-state index in [1.165, 1.54) is 0 Å². The summed E-state index contributed by atoms with van der Waals surface area (Å²) in [6.07, 6.45) is 0.972. The molecular formula is C19H21NO4. The third-order valence-corrected chi connectivity index (χ3v) is 3.70. The third kappa shape index (κ3) is 5.43. The molecule has 0 radical (unpaired) electrons. The Labute approximate surface area is 141 Å². The van der Waals surface area contributed by atoms with E-state index in [2.05, 4.69) is 5.32 Å². The van der Waals surface area contributed by atoms with Crippen LogP contribution in [-0.2, 0) is 11.2 Å². The van der Waals surface area contributed by atoms with Gasteiger partial charge in [-0.1, -0.05) is 36.4 Å². The number of carboxylic acids is 1. The molecule has 126 valence electrons. The van der Waals surface area contributed by atoms with E-state index in [9.17, 15) is 9.59 Å². The van der Waals surface area contributed by atoms with Crippen LogP contribution in [-0.4, -0.2) is 30.1 Å². The zero-order chi connectivity index (χ0) is 17.4. The Hall–Kier alpha value is -2.82. The number of carboxylic acid groups (broad SMARTS) is 1. The summed E-state index contributed by atoms with van der Waals surface area (Å²) < 4.78 is 5.13. The van der Waals surface area contributed by atoms with Crippen molar-refractivity contribution in [1.29, 1.82) is 0 Å². The number of methoxy groups -OCH3 is 1. The van der Waals surface area contributed by atoms with Crippen LogP contribution < -0.4 is 10.1 Å². The van der Waals surface area contributed by atoms with E-state index in [-0.39, 0.29) is 18.4 Å². The molecule has 0 saturated carbocycles. The van der Waals surface area contributed by atoms with Crippen LogP contribution in [0.3, 0.4) is 0 Å². The zero-order valence-corrected chi connectivity index (χ0v) is 13.6. The van der Waals surface area contributed by atoms with Gasteiger partial charge in [0.15, 0.2) is 0 Å². The smallest absolute Gasteiger partial charge is 0.303 e. The number of hydrogen-bond acceptors (Lipinski definition) is 3. The summed E-state index contributed by atoms with van der Waals surface area (Å²) in [5.41, 5.74) is 1.54. The average Bonchev–Trinajstić information content (AvgIpc) is 2.60. The Morgan fingerprint density at radius 1 is 1.12 bits per heavy atom. The molecule has 1 atom stereocenters. The molecule has 0 aliphatic heterocycles. The summed E-state index contributed by atoms with van der Waals surface area (Å²) in [6.45, 7) is 0. The first-order chi connectivity index (χ1) is 11.6. The third-order valence-electron chi connectivity index (χ3n) is 3.70. The van der Waals surface area contributed by atoms with Gasteiger partial charge in [0.25, 0.3) is 5.91 Å². The lowest BCUT2D eigenvalue weighted by Gasteiger charge is -2.18. The molecule has 0 aliphatic rings. The number of nitrogens with one attached hydrogen (secondary N) is 1. The van der Waals surface area contributed by atoms with Gasteiger partial charge in [0.1, 0.15) is 5.75 Å². The lowest BCUT2D eigenvalue weighted by molar-refractivity contribution is -0.137. The highest BCUT2D eigenvalue weighted by atomic mass is 16.5. The summed E-state index contributed by atoms with van der Waals surface area (Å²) in [6, 6.07) is 16.3. The van der Waals surface area contributed by atoms with Gasteiger partial charge in [-0.05, 0) is 36.6 Å². The van der Waals surface area contributed by atoms with Crippen LogP contribution in [0.5, 0.6) is 5.75 Å². The van der Waals surface area contributed by atoms with Gasteiger partial charge >= 0.3 is 5.97 Å². The molecule has 0 aromatic heterocycles. The maximum Gasteiger partial charge on any atom is 0.303 e. The van der Waals surface area contributed by atoms with Crippen LogP contribution in [0.15, 0.2) is 54.6 Å². The Kier molecular flexibility index (Phi) is 6.37. The first-order valence-electron chi connectivity index (χ1n) is 7.79. The summed E-state index contributed by atoms with van der Waals surface area (Å²) in [5.74, 6) is -0.503. The Balaban J connectivity index is 2.08. The van der Waals surface area contributed by atoms with E-state index in [1.54, 1.807) is 31.4 Å². The van der Waals surface area contributed by atoms with Crippen molar-refractivity contribution in [1.82, 2.24) is 5.32 Å². The van der Waals surface area contributed by atoms with E-state index in [1.807, 2.05) is 30.3 Å². The highest BCUT2D eigenvalue weighted by molar-refractivity contribution is 5.94. The largest absolute Gasteiger partial charge is 0.497 e. The molecule has 2 aromatic carbocycles. The fourth-order valence-electron chi connectivity index (χ4n) is 2.45. The normalized spacial score (nSPS) is 11.5. The number of ether oxygens (including phenoxy) is 1. The van der Waals surface area contributed by atoms with Gasteiger partial charge in [-0.2, -0.15) is 0 Å². The molecule has 0 heterocycles. The Morgan fingerprint density at radius 3 is 2.54 bits per heavy atom. The molecular weight excluding hydrogens is 306 g/mol. The predicted molar refractivity (Wildman–Crippen MR) is 91.3 cm³/mol. The number of amides is 1. The van der Waals surface area contributed by atoms with Crippen molar-refractivity contribution < 1.29 is 19.4 Å². The van der Waals surface area contributed by atoms with Crippen LogP contribution in [0.4, 0.5) is 0 Å². The van der Waals surface area contributed by atoms with Gasteiger partial charge < -0.3 is 15.2 Å². The maximum atomic E-state index is 12.4. The second kappa shape index (κ2) is 8.72. The number of rotatable bonds is 8. The molecule has 0 saturated heterocycles. The van der Waals surface area contributed by atoms with E-state index in [4.69, 9.17) is 9.84 Å². The fraction of sp³-hybridized carbons (Fsp3) is 0.263. The first-order valence-corrected chi connectivity index (χ1v) is 7.79. The Bertz CT molecular complexity index is 685. The topological polar surface area (TPSA) is 75.6 Å². The molecule has 5 heteroatoms. The number of benzene rings is 2. The first kappa shape index (κ1) is 17.5. The van der Waals surface area contributed by atoms with E-state index in [0.29, 0.717) is 24.2 Å². The number of carbonyl (C=O) groups is 2. The zero-order valence-electron chi connectivity index (χ0n) is 13.6. The van der Waals surface area contributed by atoms with Crippen molar-refractivity contribution in [2.75, 3.05) is 7.11 Å². The molecule has 5 nitrogen and oxygen atoms in total. The highest BCUT2D eigenvalue weighted by Crippen LogP contribution is 2.14. The summed E-state index contributed by atoms with van der Waals surface area (Å²) in [5, 5.41) is 11.8. The average molecular weight is 327 g/mol. The van der Waals surface area contributed by atoms with E-state index >= 15 is 0 Å². The van der Waals surface area contributed by atoms with Crippen LogP contribution >= 0.6 is 0 Å². The van der Waals surface area contributed by atoms with Gasteiger partial charge in [-0.25, -0.2) is 0 Å². The molecule has 0 bridgehead atoms. The Morgan fingerprint density at radius 2 is 1.88 bits per heavy atom. The van der Waals surface area contributed by atoms with Crippen molar-refractivity contribution in [3.05, 3.63) is 65.7 Å². The van der Waals surface area contributed by atoms with Crippen molar-refractivity contribution in [2.45, 2.75) is 25.3 Å². The van der Waals surface area contributed by atoms with Crippen LogP contribution in [0.25, 0.3) is 0 Å². The van der Waals surface area contributed by atoms with Crippen molar-refractivity contribution in [3.8, 4) is 5.75 Å². The second-order valence-electron chi connectivity index (χ2n) is 5.52. The second-order valence-corrected chi connectivity index (χ2v) is 5.52. The number of carbonyl (C=O) groups excluding carboxylic acids is 1. The minimum Gasteiger partial charge on any atom is -0.497 e. The van der Waals surface area contributed by atoms with Gasteiger partial charge in [0.2, 0.25) is 0 Å². The molecule has 0 spiro atoms. The molecule has 2 rings (SSSR count). The molecule has 0 fully saturated rings. The van der Waals surface area contributed by atoms with E-state index in [0.717, 1.165) is 5.56 Å². The minimum atomic E-state index is -0.872. The fourth-order valence-corrected chi connectivity index (χ4v) is 2.45. The van der Waals surface area contributed by atoms with Crippen molar-refractivity contribution >= 4 is 11.9 Å². The highest BCUT2D eigenvalue weighted by Gasteiger charge is 2.16. The molecule has 1 amide bonds. The van der Waals surface area contributed by atoms with E-state index < -0.39 is 5.97 Å². The van der Waals surface area contributed by atoms with Gasteiger partial charge in [0, 0.05) is 18.0 Å². The molecule has 0 aliphatic carbocycles. The SMILES string of the molecule is COc1cccc(C(=O)NC(CCC(=O)O)Cc2ccccc2)c1. The molecule has 2 N–H and O–H groups in total. The lowest BCUT2D eigenvalue weighted by atomic mass is 10.0. The summed E-state index contributed by atoms with van der Waals surface area (Å²) in [4.78, 5) is 23.3. The van der Waals surface area contributed by atoms with Crippen molar-refractivity contribution in [3.63, 3.8) is 0 Å². The number of hydrogen-bond donors (Lipinski definition) is 2. The standard InChI is InChI=1S/C19H21NO4/c1-24-17-9-5-8-15(13-17)19(23)20-16(10-11-18(21)22)12-14-6-3-2-4-7-14/h2-9,13,16H,10-12H2,1H3,(H,20,23)(H,21,22). The van der Waals surface area contributed by atoms with Crippen LogP contribution in [0, 0.1) is 0 Å². The van der Waals surface area contributed by atoms with Gasteiger partial charge in [-0.3, -0.25) is 9.59 Å². The van der Waals surface area contributed by atoms with Crippen molar-refractivity contribution in [2.24, 2.45) is 0 Å². The summed E-state index contributed by atoms with van der Waals surface area (Å²) in [7, 11) is 1.54. The number of aliphatic carboxylic acids is 1. The van der Waals surface area contributed by atoms with Gasteiger partial charge in [0.05, 0.1) is 7.11 Å². The summed E-state index contributed by atoms with van der Waals surface area (Å²) >= 11 is 0. The monoisotopic (exact) mass is 327 g/mol. The molecule has 1 unspecified atom stereocenters.